The minimum atomic E-state index is -1.98. The van der Waals surface area contributed by atoms with Crippen molar-refractivity contribution in [2.24, 2.45) is 0 Å². The topological polar surface area (TPSA) is 307 Å². The van der Waals surface area contributed by atoms with Crippen molar-refractivity contribution in [1.82, 2.24) is 5.32 Å². The summed E-state index contributed by atoms with van der Waals surface area (Å²) in [4.78, 5) is 13.4. The van der Waals surface area contributed by atoms with E-state index in [1.165, 1.54) is 250 Å². The van der Waals surface area contributed by atoms with Crippen molar-refractivity contribution < 1.29 is 89.4 Å². The Morgan fingerprint density at radius 1 is 0.376 bits per heavy atom. The molecule has 12 N–H and O–H groups in total. The summed E-state index contributed by atoms with van der Waals surface area (Å²) in [7, 11) is 0. The Balaban J connectivity index is 1.29. The van der Waals surface area contributed by atoms with Gasteiger partial charge in [-0.15, -0.1) is 0 Å². The molecular formula is C74H141NO18. The first-order chi connectivity index (χ1) is 45.3. The Labute approximate surface area is 563 Å². The first kappa shape index (κ1) is 85.8. The average molecular weight is 1330 g/mol. The Morgan fingerprint density at radius 3 is 1.01 bits per heavy atom. The van der Waals surface area contributed by atoms with Gasteiger partial charge >= 0.3 is 0 Å². The van der Waals surface area contributed by atoms with Gasteiger partial charge in [-0.25, -0.2) is 0 Å². The second-order valence-corrected chi connectivity index (χ2v) is 27.8. The molecule has 550 valence electrons. The molecule has 0 bridgehead atoms. The highest BCUT2D eigenvalue weighted by atomic mass is 16.8. The summed E-state index contributed by atoms with van der Waals surface area (Å²) in [5.74, 6) is -0.269. The molecule has 3 fully saturated rings. The number of hydrogen-bond acceptors (Lipinski definition) is 18. The predicted molar refractivity (Wildman–Crippen MR) is 365 cm³/mol. The third-order valence-electron chi connectivity index (χ3n) is 19.6. The first-order valence-corrected chi connectivity index (χ1v) is 38.4. The number of allylic oxidation sites excluding steroid dienone is 1. The van der Waals surface area contributed by atoms with Gasteiger partial charge in [0.05, 0.1) is 38.6 Å². The maximum absolute atomic E-state index is 13.4. The molecule has 93 heavy (non-hydrogen) atoms. The highest BCUT2D eigenvalue weighted by Crippen LogP contribution is 2.33. The molecule has 0 aromatic heterocycles. The summed E-state index contributed by atoms with van der Waals surface area (Å²) in [5.41, 5.74) is 0. The van der Waals surface area contributed by atoms with Crippen LogP contribution < -0.4 is 5.32 Å². The number of aliphatic hydroxyl groups excluding tert-OH is 11. The molecule has 19 nitrogen and oxygen atoms in total. The van der Waals surface area contributed by atoms with E-state index < -0.39 is 124 Å². The van der Waals surface area contributed by atoms with Crippen LogP contribution in [0, 0.1) is 0 Å². The van der Waals surface area contributed by atoms with E-state index in [-0.39, 0.29) is 18.9 Å². The minimum absolute atomic E-state index is 0.250. The Morgan fingerprint density at radius 2 is 0.667 bits per heavy atom. The van der Waals surface area contributed by atoms with Gasteiger partial charge in [0.15, 0.2) is 18.9 Å². The van der Waals surface area contributed by atoms with Crippen molar-refractivity contribution in [2.75, 3.05) is 26.4 Å². The quantitative estimate of drug-likeness (QED) is 0.0199. The largest absolute Gasteiger partial charge is 0.394 e. The number of aliphatic hydroxyl groups is 11. The fraction of sp³-hybridized carbons (Fsp3) is 0.959. The number of carbonyl (C=O) groups excluding carboxylic acids is 1. The van der Waals surface area contributed by atoms with E-state index in [0.717, 1.165) is 44.9 Å². The summed E-state index contributed by atoms with van der Waals surface area (Å²) in [6.07, 6.45) is 38.1. The number of hydrogen-bond donors (Lipinski definition) is 12. The van der Waals surface area contributed by atoms with Crippen LogP contribution in [0.5, 0.6) is 0 Å². The smallest absolute Gasteiger partial charge is 0.220 e. The van der Waals surface area contributed by atoms with Crippen molar-refractivity contribution in [2.45, 2.75) is 426 Å². The molecular weight excluding hydrogens is 1190 g/mol. The lowest BCUT2D eigenvalue weighted by atomic mass is 9.96. The van der Waals surface area contributed by atoms with Gasteiger partial charge in [0.25, 0.3) is 0 Å². The van der Waals surface area contributed by atoms with Crippen molar-refractivity contribution in [3.05, 3.63) is 12.2 Å². The molecule has 3 saturated heterocycles. The fourth-order valence-corrected chi connectivity index (χ4v) is 13.4. The van der Waals surface area contributed by atoms with Gasteiger partial charge in [0.2, 0.25) is 5.91 Å². The number of unbranched alkanes of at least 4 members (excludes halogenated alkanes) is 45. The molecule has 0 radical (unpaired) electrons. The van der Waals surface area contributed by atoms with Crippen LogP contribution in [0.25, 0.3) is 0 Å². The molecule has 0 spiro atoms. The summed E-state index contributed by atoms with van der Waals surface area (Å²) in [5, 5.41) is 120. The fourth-order valence-electron chi connectivity index (χ4n) is 13.4. The van der Waals surface area contributed by atoms with Crippen molar-refractivity contribution in [3.63, 3.8) is 0 Å². The van der Waals surface area contributed by atoms with Crippen LogP contribution >= 0.6 is 0 Å². The molecule has 0 aromatic carbocycles. The Kier molecular flexibility index (Phi) is 51.9. The molecule has 3 aliphatic rings. The molecule has 17 atom stereocenters. The average Bonchev–Trinajstić information content (AvgIpc) is 0.856. The van der Waals surface area contributed by atoms with Crippen LogP contribution in [0.4, 0.5) is 0 Å². The molecule has 0 saturated carbocycles. The maximum atomic E-state index is 13.4. The zero-order chi connectivity index (χ0) is 67.5. The Hall–Kier alpha value is -1.47. The van der Waals surface area contributed by atoms with Gasteiger partial charge in [0, 0.05) is 6.42 Å². The number of amides is 1. The third kappa shape index (κ3) is 37.5. The van der Waals surface area contributed by atoms with Crippen LogP contribution in [0.15, 0.2) is 12.2 Å². The van der Waals surface area contributed by atoms with Gasteiger partial charge in [-0.1, -0.05) is 309 Å². The summed E-state index contributed by atoms with van der Waals surface area (Å²) < 4.78 is 34.3. The molecule has 3 aliphatic heterocycles. The SMILES string of the molecule is CCCCCCCCCCCC/C=C/C(O)C(COC1OC(CO)C(OC2OC(CO)C(OC3OC(CO)C(O)C(O)C3O)C(O)C2O)C(O)C1O)NC(=O)CCCCCCCCCCCCCCCCCCCCCCCCCCCCCCCCCCCCCC. The summed E-state index contributed by atoms with van der Waals surface area (Å²) >= 11 is 0. The van der Waals surface area contributed by atoms with Gasteiger partial charge in [-0.2, -0.15) is 0 Å². The minimum Gasteiger partial charge on any atom is -0.394 e. The second-order valence-electron chi connectivity index (χ2n) is 27.8. The van der Waals surface area contributed by atoms with Gasteiger partial charge < -0.3 is 89.9 Å². The van der Waals surface area contributed by atoms with E-state index in [2.05, 4.69) is 19.2 Å². The zero-order valence-electron chi connectivity index (χ0n) is 58.5. The highest BCUT2D eigenvalue weighted by molar-refractivity contribution is 5.76. The van der Waals surface area contributed by atoms with Crippen LogP contribution in [-0.2, 0) is 33.2 Å². The van der Waals surface area contributed by atoms with Crippen LogP contribution in [0.3, 0.4) is 0 Å². The molecule has 17 unspecified atom stereocenters. The second kappa shape index (κ2) is 56.3. The predicted octanol–water partition coefficient (Wildman–Crippen LogP) is 11.6. The van der Waals surface area contributed by atoms with E-state index in [1.54, 1.807) is 6.08 Å². The van der Waals surface area contributed by atoms with E-state index in [9.17, 15) is 61.0 Å². The highest BCUT2D eigenvalue weighted by Gasteiger charge is 2.53. The number of ether oxygens (including phenoxy) is 6. The van der Waals surface area contributed by atoms with Gasteiger partial charge in [-0.3, -0.25) is 4.79 Å². The van der Waals surface area contributed by atoms with E-state index in [0.29, 0.717) is 6.42 Å². The van der Waals surface area contributed by atoms with E-state index >= 15 is 0 Å². The Bertz CT molecular complexity index is 1730. The molecule has 19 heteroatoms. The molecule has 3 heterocycles. The molecule has 3 rings (SSSR count). The number of rotatable bonds is 61. The van der Waals surface area contributed by atoms with Crippen LogP contribution in [-0.4, -0.2) is 193 Å². The standard InChI is InChI=1S/C74H141NO18/c1-3-5-7-9-11-13-15-17-18-19-20-21-22-23-24-25-26-27-28-29-30-31-32-33-34-35-36-37-38-39-40-42-44-46-48-50-52-62(80)75-57(58(79)51-49-47-45-43-41-16-14-12-10-8-6-4-2)56-88-72-68(86)65(83)70(60(54-77)90-72)93-74-69(87)66(84)71(61(55-78)91-74)92-73-67(85)64(82)63(81)59(53-76)89-73/h49,51,57-61,63-74,76-79,81-87H,3-48,50,52-56H2,1-2H3,(H,75,80)/b51-49+. The lowest BCUT2D eigenvalue weighted by Crippen LogP contribution is -2.66. The maximum Gasteiger partial charge on any atom is 0.220 e. The van der Waals surface area contributed by atoms with Crippen molar-refractivity contribution in [3.8, 4) is 0 Å². The lowest BCUT2D eigenvalue weighted by molar-refractivity contribution is -0.379. The number of carbonyl (C=O) groups is 1. The molecule has 0 aliphatic carbocycles. The zero-order valence-corrected chi connectivity index (χ0v) is 58.5. The number of nitrogens with one attached hydrogen (secondary N) is 1. The van der Waals surface area contributed by atoms with Gasteiger partial charge in [0.1, 0.15) is 73.2 Å². The lowest BCUT2D eigenvalue weighted by Gasteiger charge is -2.48. The molecule has 0 aromatic rings. The van der Waals surface area contributed by atoms with Crippen LogP contribution in [0.1, 0.15) is 322 Å². The van der Waals surface area contributed by atoms with E-state index in [1.807, 2.05) is 6.08 Å². The van der Waals surface area contributed by atoms with Crippen molar-refractivity contribution >= 4 is 5.91 Å². The monoisotopic (exact) mass is 1330 g/mol. The van der Waals surface area contributed by atoms with E-state index in [4.69, 9.17) is 28.4 Å². The summed E-state index contributed by atoms with van der Waals surface area (Å²) in [6.45, 7) is 1.76. The first-order valence-electron chi connectivity index (χ1n) is 38.4. The molecule has 1 amide bonds. The summed E-state index contributed by atoms with van der Waals surface area (Å²) in [6, 6.07) is -0.968. The normalized spacial score (nSPS) is 27.5. The van der Waals surface area contributed by atoms with Crippen molar-refractivity contribution in [1.29, 1.82) is 0 Å². The third-order valence-corrected chi connectivity index (χ3v) is 19.6. The van der Waals surface area contributed by atoms with Gasteiger partial charge in [-0.05, 0) is 19.3 Å². The van der Waals surface area contributed by atoms with Crippen LogP contribution in [0.2, 0.25) is 0 Å².